The first kappa shape index (κ1) is 36.1. The molecule has 4 N–H and O–H groups in total. The van der Waals surface area contributed by atoms with Crippen LogP contribution in [0.5, 0.6) is 0 Å². The molecule has 1 aromatic carbocycles. The molecule has 10 heteroatoms. The van der Waals surface area contributed by atoms with Gasteiger partial charge in [-0.1, -0.05) is 40.7 Å². The van der Waals surface area contributed by atoms with Gasteiger partial charge in [-0.15, -0.1) is 11.8 Å². The molecule has 0 bridgehead atoms. The summed E-state index contributed by atoms with van der Waals surface area (Å²) in [5.74, 6) is -0.0558. The summed E-state index contributed by atoms with van der Waals surface area (Å²) < 4.78 is 0. The zero-order valence-corrected chi connectivity index (χ0v) is 24.3. The third-order valence-corrected chi connectivity index (χ3v) is 5.50. The monoisotopic (exact) mass is 535 g/mol. The highest BCUT2D eigenvalue weighted by Gasteiger charge is 2.21. The molecule has 0 aliphatic rings. The van der Waals surface area contributed by atoms with E-state index >= 15 is 0 Å². The molecular weight excluding hydrogens is 490 g/mol. The quantitative estimate of drug-likeness (QED) is 0.294. The van der Waals surface area contributed by atoms with Crippen molar-refractivity contribution in [3.8, 4) is 6.07 Å². The summed E-state index contributed by atoms with van der Waals surface area (Å²) in [6, 6.07) is 9.38. The van der Waals surface area contributed by atoms with E-state index in [1.807, 2.05) is 78.1 Å². The average Bonchev–Trinajstić information content (AvgIpc) is 2.88. The van der Waals surface area contributed by atoms with Gasteiger partial charge in [-0.05, 0) is 50.6 Å². The minimum atomic E-state index is -0.466. The zero-order chi connectivity index (χ0) is 28.9. The summed E-state index contributed by atoms with van der Waals surface area (Å²) in [6.45, 7) is 14.2. The van der Waals surface area contributed by atoms with Crippen molar-refractivity contribution < 1.29 is 19.5 Å². The average molecular weight is 536 g/mol. The number of hydrogen-bond acceptors (Lipinski definition) is 7. The highest BCUT2D eigenvalue weighted by molar-refractivity contribution is 8.00. The Morgan fingerprint density at radius 3 is 2.32 bits per heavy atom. The van der Waals surface area contributed by atoms with Crippen LogP contribution in [0.3, 0.4) is 0 Å². The van der Waals surface area contributed by atoms with Crippen molar-refractivity contribution in [1.82, 2.24) is 10.2 Å². The van der Waals surface area contributed by atoms with Gasteiger partial charge >= 0.3 is 0 Å². The fourth-order valence-electron chi connectivity index (χ4n) is 2.46. The predicted molar refractivity (Wildman–Crippen MR) is 154 cm³/mol. The van der Waals surface area contributed by atoms with Crippen LogP contribution in [-0.4, -0.2) is 65.5 Å². The van der Waals surface area contributed by atoms with Crippen molar-refractivity contribution in [3.63, 3.8) is 0 Å². The summed E-state index contributed by atoms with van der Waals surface area (Å²) in [4.78, 5) is 36.0. The molecule has 9 nitrogen and oxygen atoms in total. The van der Waals surface area contributed by atoms with Crippen LogP contribution in [0.15, 0.2) is 36.5 Å². The summed E-state index contributed by atoms with van der Waals surface area (Å²) in [5.41, 5.74) is 1.06. The summed E-state index contributed by atoms with van der Waals surface area (Å²) >= 11 is 1.45. The van der Waals surface area contributed by atoms with E-state index in [4.69, 9.17) is 10.4 Å². The Morgan fingerprint density at radius 1 is 1.24 bits per heavy atom. The number of nitriles is 1. The molecule has 0 aromatic heterocycles. The normalized spacial score (nSPS) is 11.9. The van der Waals surface area contributed by atoms with Gasteiger partial charge in [0.15, 0.2) is 0 Å². The molecule has 0 aliphatic heterocycles. The van der Waals surface area contributed by atoms with Crippen LogP contribution in [0, 0.1) is 16.7 Å². The summed E-state index contributed by atoms with van der Waals surface area (Å²) in [6.07, 6.45) is 6.33. The molecule has 0 spiro atoms. The molecule has 2 atom stereocenters. The van der Waals surface area contributed by atoms with Crippen molar-refractivity contribution in [2.75, 3.05) is 36.6 Å². The number of carbonyl (C=O) groups is 3. The molecular formula is C27H45N5O4S. The second-order valence-corrected chi connectivity index (χ2v) is 9.62. The third kappa shape index (κ3) is 16.4. The predicted octanol–water partition coefficient (Wildman–Crippen LogP) is 4.23. The van der Waals surface area contributed by atoms with Gasteiger partial charge < -0.3 is 26.0 Å². The molecule has 2 unspecified atom stereocenters. The van der Waals surface area contributed by atoms with E-state index in [-0.39, 0.29) is 29.7 Å². The van der Waals surface area contributed by atoms with Crippen LogP contribution in [0.25, 0.3) is 0 Å². The lowest BCUT2D eigenvalue weighted by Gasteiger charge is -2.23. The molecule has 3 amide bonds. The van der Waals surface area contributed by atoms with Crippen molar-refractivity contribution in [2.45, 2.75) is 66.2 Å². The van der Waals surface area contributed by atoms with Crippen molar-refractivity contribution in [2.24, 2.45) is 5.41 Å². The van der Waals surface area contributed by atoms with Gasteiger partial charge in [0.1, 0.15) is 5.25 Å². The number of nitrogens with one attached hydrogen (secondary N) is 3. The van der Waals surface area contributed by atoms with Crippen molar-refractivity contribution in [1.29, 1.82) is 5.26 Å². The van der Waals surface area contributed by atoms with Gasteiger partial charge in [0, 0.05) is 35.9 Å². The van der Waals surface area contributed by atoms with E-state index in [9.17, 15) is 14.4 Å². The Kier molecular flexibility index (Phi) is 20.6. The number of aliphatic hydroxyl groups excluding tert-OH is 1. The van der Waals surface area contributed by atoms with Crippen LogP contribution in [0.1, 0.15) is 54.9 Å². The highest BCUT2D eigenvalue weighted by Crippen LogP contribution is 2.20. The van der Waals surface area contributed by atoms with E-state index in [1.165, 1.54) is 11.8 Å². The van der Waals surface area contributed by atoms with E-state index in [0.29, 0.717) is 31.6 Å². The van der Waals surface area contributed by atoms with Gasteiger partial charge in [0.05, 0.1) is 19.1 Å². The minimum absolute atomic E-state index is 0.00125. The number of benzene rings is 1. The van der Waals surface area contributed by atoms with Gasteiger partial charge in [-0.25, -0.2) is 0 Å². The van der Waals surface area contributed by atoms with Gasteiger partial charge in [0.25, 0.3) is 0 Å². The van der Waals surface area contributed by atoms with Gasteiger partial charge in [0.2, 0.25) is 18.2 Å². The molecule has 37 heavy (non-hydrogen) atoms. The lowest BCUT2D eigenvalue weighted by Crippen LogP contribution is -2.37. The molecule has 0 saturated carbocycles. The molecule has 0 fully saturated rings. The smallest absolute Gasteiger partial charge is 0.239 e. The van der Waals surface area contributed by atoms with Crippen LogP contribution in [0.4, 0.5) is 11.4 Å². The Morgan fingerprint density at radius 2 is 1.86 bits per heavy atom. The maximum atomic E-state index is 12.6. The van der Waals surface area contributed by atoms with Crippen LogP contribution in [-0.2, 0) is 14.4 Å². The Labute approximate surface area is 227 Å². The maximum Gasteiger partial charge on any atom is 0.239 e. The molecule has 0 radical (unpaired) electrons. The number of hydrogen-bond donors (Lipinski definition) is 4. The number of nitrogens with zero attached hydrogens (tertiary/aromatic N) is 2. The number of amides is 3. The van der Waals surface area contributed by atoms with E-state index in [2.05, 4.69) is 22.0 Å². The maximum absolute atomic E-state index is 12.6. The standard InChI is InChI=1S/C21H30N4O2S.C4H9NO2.C2H6/c1-6-25(14-8-12-22)19(26)18(28-5)11-13-23-16-9-7-10-17(15-16)24-20(27)21(2,3)4;1-4(2-6)5-3-7;1-2/h7,9-11,13,15,18,23H,6,8,14H2,1-5H3,(H,24,27);3-4,6H,2H2,1H3,(H,5,7);1-2H3. The lowest BCUT2D eigenvalue weighted by atomic mass is 9.95. The zero-order valence-electron chi connectivity index (χ0n) is 23.5. The summed E-state index contributed by atoms with van der Waals surface area (Å²) in [7, 11) is 0. The molecule has 1 rings (SSSR count). The number of thioether (sulfide) groups is 1. The van der Waals surface area contributed by atoms with E-state index < -0.39 is 5.41 Å². The first-order chi connectivity index (χ1) is 17.5. The number of anilines is 2. The van der Waals surface area contributed by atoms with E-state index in [0.717, 1.165) is 5.69 Å². The Balaban J connectivity index is 0. The van der Waals surface area contributed by atoms with Crippen LogP contribution in [0.2, 0.25) is 0 Å². The fourth-order valence-corrected chi connectivity index (χ4v) is 3.04. The Bertz CT molecular complexity index is 865. The number of rotatable bonds is 12. The largest absolute Gasteiger partial charge is 0.394 e. The second-order valence-electron chi connectivity index (χ2n) is 8.64. The van der Waals surface area contributed by atoms with Gasteiger partial charge in [-0.3, -0.25) is 14.4 Å². The van der Waals surface area contributed by atoms with Crippen molar-refractivity contribution >= 4 is 41.4 Å². The molecule has 0 aliphatic carbocycles. The topological polar surface area (TPSA) is 135 Å². The number of carbonyl (C=O) groups excluding carboxylic acids is 3. The minimum Gasteiger partial charge on any atom is -0.394 e. The SMILES string of the molecule is CC.CC(CO)NC=O.CCN(CCC#N)C(=O)C(C=CNc1cccc(NC(=O)C(C)(C)C)c1)SC. The fraction of sp³-hybridized carbons (Fsp3) is 0.556. The van der Waals surface area contributed by atoms with Crippen molar-refractivity contribution in [3.05, 3.63) is 36.5 Å². The van der Waals surface area contributed by atoms with Crippen LogP contribution >= 0.6 is 11.8 Å². The van der Waals surface area contributed by atoms with E-state index in [1.54, 1.807) is 18.0 Å². The Hall–Kier alpha value is -3.03. The second kappa shape index (κ2) is 21.1. The lowest BCUT2D eigenvalue weighted by molar-refractivity contribution is -0.129. The molecule has 1 aromatic rings. The first-order valence-corrected chi connectivity index (χ1v) is 13.7. The number of aliphatic hydroxyl groups is 1. The third-order valence-electron chi connectivity index (χ3n) is 4.63. The molecule has 208 valence electrons. The summed E-state index contributed by atoms with van der Waals surface area (Å²) in [5, 5.41) is 25.1. The molecule has 0 heterocycles. The highest BCUT2D eigenvalue weighted by atomic mass is 32.2. The van der Waals surface area contributed by atoms with Crippen LogP contribution < -0.4 is 16.0 Å². The first-order valence-electron chi connectivity index (χ1n) is 12.4. The van der Waals surface area contributed by atoms with Gasteiger partial charge in [-0.2, -0.15) is 5.26 Å². The molecule has 0 saturated heterocycles.